The summed E-state index contributed by atoms with van der Waals surface area (Å²) in [6.07, 6.45) is 4.38. The molecule has 0 unspecified atom stereocenters. The summed E-state index contributed by atoms with van der Waals surface area (Å²) in [5.41, 5.74) is 2.23. The molecule has 5 heteroatoms. The molecule has 0 bridgehead atoms. The zero-order valence-electron chi connectivity index (χ0n) is 11.8. The summed E-state index contributed by atoms with van der Waals surface area (Å²) >= 11 is 3.59. The van der Waals surface area contributed by atoms with Crippen molar-refractivity contribution in [2.24, 2.45) is 5.92 Å². The van der Waals surface area contributed by atoms with Gasteiger partial charge < -0.3 is 14.0 Å². The fourth-order valence-electron chi connectivity index (χ4n) is 2.87. The Morgan fingerprint density at radius 2 is 2.20 bits per heavy atom. The topological polar surface area (TPSA) is 29.8 Å². The van der Waals surface area contributed by atoms with Gasteiger partial charge >= 0.3 is 0 Å². The molecule has 1 fully saturated rings. The molecule has 20 heavy (non-hydrogen) atoms. The number of imidazole rings is 1. The number of hydrogen-bond donors (Lipinski definition) is 0. The van der Waals surface area contributed by atoms with Crippen molar-refractivity contribution in [2.45, 2.75) is 18.2 Å². The summed E-state index contributed by atoms with van der Waals surface area (Å²) in [4.78, 5) is 7.07. The number of alkyl halides is 1. The Hall–Kier alpha value is -1.07. The second-order valence-corrected chi connectivity index (χ2v) is 5.94. The van der Waals surface area contributed by atoms with E-state index in [9.17, 15) is 0 Å². The van der Waals surface area contributed by atoms with Gasteiger partial charge in [-0.05, 0) is 30.9 Å². The molecule has 1 aliphatic rings. The molecule has 0 atom stereocenters. The van der Waals surface area contributed by atoms with Gasteiger partial charge in [0.05, 0.1) is 5.69 Å². The van der Waals surface area contributed by atoms with Gasteiger partial charge in [-0.2, -0.15) is 0 Å². The van der Waals surface area contributed by atoms with Crippen molar-refractivity contribution in [3.63, 3.8) is 0 Å². The van der Waals surface area contributed by atoms with Crippen LogP contribution in [0.3, 0.4) is 0 Å². The number of halogens is 1. The Kier molecular flexibility index (Phi) is 4.27. The molecule has 0 amide bonds. The third-order valence-corrected chi connectivity index (χ3v) is 4.50. The highest BCUT2D eigenvalue weighted by molar-refractivity contribution is 9.08. The molecule has 108 valence electrons. The van der Waals surface area contributed by atoms with Crippen molar-refractivity contribution in [2.75, 3.05) is 31.7 Å². The normalized spacial score (nSPS) is 16.7. The molecular formula is C15H20BrN3O. The van der Waals surface area contributed by atoms with Crippen LogP contribution in [-0.4, -0.2) is 36.2 Å². The molecule has 0 spiro atoms. The highest BCUT2D eigenvalue weighted by Gasteiger charge is 2.20. The van der Waals surface area contributed by atoms with Crippen LogP contribution in [0.5, 0.6) is 0 Å². The maximum atomic E-state index is 5.43. The molecule has 3 heterocycles. The lowest BCUT2D eigenvalue weighted by Crippen LogP contribution is -2.30. The van der Waals surface area contributed by atoms with E-state index in [2.05, 4.69) is 44.5 Å². The standard InChI is InChI=1S/C15H20BrN3O/c1-18(11-12-5-8-20-9-6-12)15-13(10-16)19-7-3-2-4-14(19)17-15/h2-4,7,12H,5-6,8-11H2,1H3. The van der Waals surface area contributed by atoms with Gasteiger partial charge in [-0.3, -0.25) is 0 Å². The average Bonchev–Trinajstić information content (AvgIpc) is 2.87. The first-order chi connectivity index (χ1) is 9.79. The number of hydrogen-bond acceptors (Lipinski definition) is 3. The number of rotatable bonds is 4. The van der Waals surface area contributed by atoms with Crippen LogP contribution in [0.2, 0.25) is 0 Å². The highest BCUT2D eigenvalue weighted by atomic mass is 79.9. The molecule has 3 rings (SSSR count). The number of fused-ring (bicyclic) bond motifs is 1. The second-order valence-electron chi connectivity index (χ2n) is 5.38. The fourth-order valence-corrected chi connectivity index (χ4v) is 3.39. The summed E-state index contributed by atoms with van der Waals surface area (Å²) < 4.78 is 7.59. The smallest absolute Gasteiger partial charge is 0.151 e. The summed E-state index contributed by atoms with van der Waals surface area (Å²) in [5, 5.41) is 0.811. The van der Waals surface area contributed by atoms with E-state index < -0.39 is 0 Å². The molecule has 2 aromatic rings. The van der Waals surface area contributed by atoms with Gasteiger partial charge in [0.2, 0.25) is 0 Å². The lowest BCUT2D eigenvalue weighted by molar-refractivity contribution is 0.0685. The quantitative estimate of drug-likeness (QED) is 0.803. The molecule has 0 saturated carbocycles. The van der Waals surface area contributed by atoms with E-state index in [1.54, 1.807) is 0 Å². The third kappa shape index (κ3) is 2.69. The minimum absolute atomic E-state index is 0.710. The van der Waals surface area contributed by atoms with Crippen molar-refractivity contribution in [1.29, 1.82) is 0 Å². The van der Waals surface area contributed by atoms with E-state index in [1.807, 2.05) is 12.1 Å². The Bertz CT molecular complexity index is 578. The lowest BCUT2D eigenvalue weighted by atomic mass is 10.00. The van der Waals surface area contributed by atoms with E-state index >= 15 is 0 Å². The Morgan fingerprint density at radius 3 is 2.95 bits per heavy atom. The zero-order chi connectivity index (χ0) is 13.9. The second kappa shape index (κ2) is 6.14. The largest absolute Gasteiger partial charge is 0.381 e. The fraction of sp³-hybridized carbons (Fsp3) is 0.533. The summed E-state index contributed by atoms with van der Waals surface area (Å²) in [6, 6.07) is 6.13. The van der Waals surface area contributed by atoms with Crippen LogP contribution in [0.4, 0.5) is 5.82 Å². The van der Waals surface area contributed by atoms with Crippen LogP contribution in [-0.2, 0) is 10.1 Å². The van der Waals surface area contributed by atoms with E-state index in [0.29, 0.717) is 5.92 Å². The highest BCUT2D eigenvalue weighted by Crippen LogP contribution is 2.25. The Morgan fingerprint density at radius 1 is 1.40 bits per heavy atom. The predicted octanol–water partition coefficient (Wildman–Crippen LogP) is 3.09. The monoisotopic (exact) mass is 337 g/mol. The lowest BCUT2D eigenvalue weighted by Gasteiger charge is -2.27. The zero-order valence-corrected chi connectivity index (χ0v) is 13.3. The molecule has 0 aliphatic carbocycles. The number of pyridine rings is 1. The van der Waals surface area contributed by atoms with Gasteiger partial charge in [-0.25, -0.2) is 4.98 Å². The molecule has 1 saturated heterocycles. The van der Waals surface area contributed by atoms with Gasteiger partial charge in [-0.15, -0.1) is 0 Å². The van der Waals surface area contributed by atoms with Crippen LogP contribution in [0.25, 0.3) is 5.65 Å². The molecule has 4 nitrogen and oxygen atoms in total. The van der Waals surface area contributed by atoms with E-state index in [-0.39, 0.29) is 0 Å². The third-order valence-electron chi connectivity index (χ3n) is 3.97. The van der Waals surface area contributed by atoms with Crippen LogP contribution < -0.4 is 4.90 Å². The van der Waals surface area contributed by atoms with E-state index in [0.717, 1.165) is 49.4 Å². The molecular weight excluding hydrogens is 318 g/mol. The molecule has 1 aliphatic heterocycles. The van der Waals surface area contributed by atoms with Crippen LogP contribution >= 0.6 is 15.9 Å². The van der Waals surface area contributed by atoms with Crippen LogP contribution in [0.1, 0.15) is 18.5 Å². The van der Waals surface area contributed by atoms with E-state index in [1.165, 1.54) is 5.69 Å². The summed E-state index contributed by atoms with van der Waals surface area (Å²) in [6.45, 7) is 2.84. The predicted molar refractivity (Wildman–Crippen MR) is 84.6 cm³/mol. The van der Waals surface area contributed by atoms with Gasteiger partial charge in [-0.1, -0.05) is 22.0 Å². The molecule has 2 aromatic heterocycles. The SMILES string of the molecule is CN(CC1CCOCC1)c1nc2ccccn2c1CBr. The van der Waals surface area contributed by atoms with Crippen molar-refractivity contribution in [3.05, 3.63) is 30.1 Å². The van der Waals surface area contributed by atoms with Crippen molar-refractivity contribution < 1.29 is 4.74 Å². The Balaban J connectivity index is 1.84. The van der Waals surface area contributed by atoms with Crippen molar-refractivity contribution >= 4 is 27.4 Å². The van der Waals surface area contributed by atoms with Gasteiger partial charge in [0.15, 0.2) is 5.82 Å². The number of ether oxygens (including phenoxy) is 1. The van der Waals surface area contributed by atoms with Gasteiger partial charge in [0.25, 0.3) is 0 Å². The minimum atomic E-state index is 0.710. The maximum Gasteiger partial charge on any atom is 0.151 e. The first kappa shape index (κ1) is 13.9. The average molecular weight is 338 g/mol. The van der Waals surface area contributed by atoms with Gasteiger partial charge in [0.1, 0.15) is 5.65 Å². The maximum absolute atomic E-state index is 5.43. The first-order valence-corrected chi connectivity index (χ1v) is 8.22. The number of aromatic nitrogens is 2. The Labute approximate surface area is 127 Å². The first-order valence-electron chi connectivity index (χ1n) is 7.10. The van der Waals surface area contributed by atoms with Crippen molar-refractivity contribution in [1.82, 2.24) is 9.38 Å². The summed E-state index contributed by atoms with van der Waals surface area (Å²) in [5.74, 6) is 1.79. The summed E-state index contributed by atoms with van der Waals surface area (Å²) in [7, 11) is 2.14. The van der Waals surface area contributed by atoms with Crippen molar-refractivity contribution in [3.8, 4) is 0 Å². The molecule has 0 radical (unpaired) electrons. The number of anilines is 1. The minimum Gasteiger partial charge on any atom is -0.381 e. The molecule has 0 aromatic carbocycles. The van der Waals surface area contributed by atoms with Crippen LogP contribution in [0.15, 0.2) is 24.4 Å². The number of nitrogens with zero attached hydrogens (tertiary/aromatic N) is 3. The van der Waals surface area contributed by atoms with Crippen LogP contribution in [0, 0.1) is 5.92 Å². The molecule has 0 N–H and O–H groups in total. The van der Waals surface area contributed by atoms with Gasteiger partial charge in [0, 0.05) is 38.3 Å². The van der Waals surface area contributed by atoms with E-state index in [4.69, 9.17) is 9.72 Å².